The third kappa shape index (κ3) is 7.77. The van der Waals surface area contributed by atoms with Crippen LogP contribution in [-0.4, -0.2) is 51.7 Å². The van der Waals surface area contributed by atoms with E-state index in [4.69, 9.17) is 16.3 Å². The molecule has 1 aliphatic heterocycles. The first-order chi connectivity index (χ1) is 14.6. The van der Waals surface area contributed by atoms with E-state index in [1.54, 1.807) is 14.2 Å². The molecule has 1 atom stereocenters. The summed E-state index contributed by atoms with van der Waals surface area (Å²) in [6, 6.07) is 15.7. The monoisotopic (exact) mass is 557 g/mol. The van der Waals surface area contributed by atoms with E-state index in [9.17, 15) is 4.79 Å². The Labute approximate surface area is 205 Å². The summed E-state index contributed by atoms with van der Waals surface area (Å²) in [4.78, 5) is 18.7. The molecule has 2 aromatic rings. The number of nitrogens with zero attached hydrogens (tertiary/aromatic N) is 2. The molecule has 1 fully saturated rings. The van der Waals surface area contributed by atoms with Gasteiger partial charge < -0.3 is 25.6 Å². The van der Waals surface area contributed by atoms with Gasteiger partial charge >= 0.3 is 0 Å². The molecule has 0 radical (unpaired) electrons. The van der Waals surface area contributed by atoms with E-state index < -0.39 is 0 Å². The van der Waals surface area contributed by atoms with Gasteiger partial charge in [-0.05, 0) is 42.3 Å². The number of rotatable bonds is 7. The summed E-state index contributed by atoms with van der Waals surface area (Å²) in [6.45, 7) is 2.41. The van der Waals surface area contributed by atoms with Crippen molar-refractivity contribution >= 4 is 53.1 Å². The van der Waals surface area contributed by atoms with Crippen molar-refractivity contribution in [3.05, 3.63) is 59.1 Å². The summed E-state index contributed by atoms with van der Waals surface area (Å²) in [5.41, 5.74) is 2.13. The van der Waals surface area contributed by atoms with Gasteiger partial charge in [0.15, 0.2) is 5.96 Å². The van der Waals surface area contributed by atoms with Gasteiger partial charge in [-0.1, -0.05) is 29.8 Å². The third-order valence-electron chi connectivity index (χ3n) is 4.99. The molecular weight excluding hydrogens is 529 g/mol. The van der Waals surface area contributed by atoms with Crippen LogP contribution in [0, 0.1) is 0 Å². The SMILES string of the molecule is CN=C(NCC(=O)NCc1ccc(OC)cc1)NC1CCN(c2cccc(Cl)c2)C1.I. The molecule has 31 heavy (non-hydrogen) atoms. The van der Waals surface area contributed by atoms with Crippen LogP contribution in [0.25, 0.3) is 0 Å². The molecule has 0 saturated carbocycles. The number of amides is 1. The zero-order chi connectivity index (χ0) is 21.3. The highest BCUT2D eigenvalue weighted by atomic mass is 127. The van der Waals surface area contributed by atoms with Crippen molar-refractivity contribution in [1.29, 1.82) is 0 Å². The standard InChI is InChI=1S/C22H28ClN5O2.HI/c1-24-22(26-14-21(29)25-13-16-6-8-20(30-2)9-7-16)27-18-10-11-28(15-18)19-5-3-4-17(23)12-19;/h3-9,12,18H,10-11,13-15H2,1-2H3,(H,25,29)(H2,24,26,27);1H. The topological polar surface area (TPSA) is 78.0 Å². The van der Waals surface area contributed by atoms with Crippen LogP contribution in [0.4, 0.5) is 5.69 Å². The van der Waals surface area contributed by atoms with Gasteiger partial charge in [-0.3, -0.25) is 9.79 Å². The van der Waals surface area contributed by atoms with Crippen LogP contribution in [0.5, 0.6) is 5.75 Å². The lowest BCUT2D eigenvalue weighted by molar-refractivity contribution is -0.120. The zero-order valence-electron chi connectivity index (χ0n) is 17.7. The van der Waals surface area contributed by atoms with Crippen molar-refractivity contribution in [2.24, 2.45) is 4.99 Å². The third-order valence-corrected chi connectivity index (χ3v) is 5.23. The minimum Gasteiger partial charge on any atom is -0.497 e. The molecule has 1 saturated heterocycles. The van der Waals surface area contributed by atoms with Gasteiger partial charge in [0.05, 0.1) is 13.7 Å². The van der Waals surface area contributed by atoms with Crippen molar-refractivity contribution in [3.8, 4) is 5.75 Å². The summed E-state index contributed by atoms with van der Waals surface area (Å²) in [5.74, 6) is 1.32. The second-order valence-corrected chi connectivity index (χ2v) is 7.54. The molecule has 0 aromatic heterocycles. The summed E-state index contributed by atoms with van der Waals surface area (Å²) in [7, 11) is 3.33. The van der Waals surface area contributed by atoms with Crippen molar-refractivity contribution in [1.82, 2.24) is 16.0 Å². The lowest BCUT2D eigenvalue weighted by Gasteiger charge is -2.20. The Morgan fingerprint density at radius 1 is 1.23 bits per heavy atom. The summed E-state index contributed by atoms with van der Waals surface area (Å²) >= 11 is 6.10. The average Bonchev–Trinajstić information content (AvgIpc) is 3.24. The van der Waals surface area contributed by atoms with Gasteiger partial charge in [-0.2, -0.15) is 0 Å². The zero-order valence-corrected chi connectivity index (χ0v) is 20.8. The summed E-state index contributed by atoms with van der Waals surface area (Å²) < 4.78 is 5.14. The maximum absolute atomic E-state index is 12.2. The molecule has 0 bridgehead atoms. The number of benzene rings is 2. The highest BCUT2D eigenvalue weighted by molar-refractivity contribution is 14.0. The van der Waals surface area contributed by atoms with Crippen LogP contribution in [0.1, 0.15) is 12.0 Å². The molecule has 3 N–H and O–H groups in total. The normalized spacial score (nSPS) is 15.8. The number of guanidine groups is 1. The number of halogens is 2. The number of carbonyl (C=O) groups excluding carboxylic acids is 1. The van der Waals surface area contributed by atoms with Crippen LogP contribution < -0.4 is 25.6 Å². The van der Waals surface area contributed by atoms with E-state index >= 15 is 0 Å². The van der Waals surface area contributed by atoms with Crippen LogP contribution in [-0.2, 0) is 11.3 Å². The fraction of sp³-hybridized carbons (Fsp3) is 0.364. The maximum atomic E-state index is 12.2. The van der Waals surface area contributed by atoms with E-state index in [2.05, 4.69) is 31.9 Å². The molecule has 1 aliphatic rings. The first kappa shape index (κ1) is 25.1. The second-order valence-electron chi connectivity index (χ2n) is 7.11. The Hall–Kier alpha value is -2.20. The summed E-state index contributed by atoms with van der Waals surface area (Å²) in [5, 5.41) is 10.1. The number of aliphatic imine (C=N–C) groups is 1. The van der Waals surface area contributed by atoms with E-state index in [-0.39, 0.29) is 42.5 Å². The van der Waals surface area contributed by atoms with Crippen molar-refractivity contribution in [2.75, 3.05) is 38.7 Å². The molecule has 168 valence electrons. The predicted molar refractivity (Wildman–Crippen MR) is 137 cm³/mol. The van der Waals surface area contributed by atoms with Crippen LogP contribution in [0.15, 0.2) is 53.5 Å². The van der Waals surface area contributed by atoms with E-state index in [1.807, 2.05) is 42.5 Å². The molecule has 2 aromatic carbocycles. The fourth-order valence-corrected chi connectivity index (χ4v) is 3.53. The van der Waals surface area contributed by atoms with Crippen LogP contribution in [0.3, 0.4) is 0 Å². The number of nitrogens with one attached hydrogen (secondary N) is 3. The van der Waals surface area contributed by atoms with Gasteiger partial charge in [0, 0.05) is 43.4 Å². The van der Waals surface area contributed by atoms with Crippen LogP contribution in [0.2, 0.25) is 5.02 Å². The van der Waals surface area contributed by atoms with Crippen molar-refractivity contribution < 1.29 is 9.53 Å². The molecule has 7 nitrogen and oxygen atoms in total. The number of carbonyl (C=O) groups is 1. The van der Waals surface area contributed by atoms with E-state index in [0.717, 1.165) is 41.5 Å². The molecule has 0 spiro atoms. The number of anilines is 1. The number of hydrogen-bond acceptors (Lipinski definition) is 4. The Bertz CT molecular complexity index is 878. The Kier molecular flexibility index (Phi) is 10.2. The van der Waals surface area contributed by atoms with Gasteiger partial charge in [-0.15, -0.1) is 24.0 Å². The van der Waals surface area contributed by atoms with Gasteiger partial charge in [0.1, 0.15) is 5.75 Å². The first-order valence-corrected chi connectivity index (χ1v) is 10.3. The number of hydrogen-bond donors (Lipinski definition) is 3. The molecule has 9 heteroatoms. The van der Waals surface area contributed by atoms with E-state index in [0.29, 0.717) is 12.5 Å². The minimum absolute atomic E-state index is 0. The molecule has 1 heterocycles. The van der Waals surface area contributed by atoms with Gasteiger partial charge in [0.2, 0.25) is 5.91 Å². The number of methoxy groups -OCH3 is 1. The Balaban J connectivity index is 0.00000341. The van der Waals surface area contributed by atoms with Crippen molar-refractivity contribution in [2.45, 2.75) is 19.0 Å². The molecule has 1 amide bonds. The quantitative estimate of drug-likeness (QED) is 0.277. The molecule has 0 aliphatic carbocycles. The fourth-order valence-electron chi connectivity index (χ4n) is 3.34. The lowest BCUT2D eigenvalue weighted by atomic mass is 10.2. The molecular formula is C22H29ClIN5O2. The van der Waals surface area contributed by atoms with Crippen molar-refractivity contribution in [3.63, 3.8) is 0 Å². The molecule has 3 rings (SSSR count). The van der Waals surface area contributed by atoms with Crippen LogP contribution >= 0.6 is 35.6 Å². The molecule has 1 unspecified atom stereocenters. The Morgan fingerprint density at radius 2 is 2.00 bits per heavy atom. The lowest BCUT2D eigenvalue weighted by Crippen LogP contribution is -2.47. The number of ether oxygens (including phenoxy) is 1. The smallest absolute Gasteiger partial charge is 0.239 e. The van der Waals surface area contributed by atoms with E-state index in [1.165, 1.54) is 0 Å². The maximum Gasteiger partial charge on any atom is 0.239 e. The first-order valence-electron chi connectivity index (χ1n) is 9.94. The highest BCUT2D eigenvalue weighted by Gasteiger charge is 2.23. The average molecular weight is 558 g/mol. The second kappa shape index (κ2) is 12.6. The minimum atomic E-state index is -0.0965. The largest absolute Gasteiger partial charge is 0.497 e. The van der Waals surface area contributed by atoms with Gasteiger partial charge in [0.25, 0.3) is 0 Å². The predicted octanol–water partition coefficient (Wildman–Crippen LogP) is 3.03. The summed E-state index contributed by atoms with van der Waals surface area (Å²) in [6.07, 6.45) is 0.983. The highest BCUT2D eigenvalue weighted by Crippen LogP contribution is 2.23. The Morgan fingerprint density at radius 3 is 2.68 bits per heavy atom. The van der Waals surface area contributed by atoms with Gasteiger partial charge in [-0.25, -0.2) is 0 Å².